The fourth-order valence-corrected chi connectivity index (χ4v) is 9.04. The largest absolute Gasteiger partial charge is 0.459 e. The molecule has 2 atom stereocenters. The number of aromatic nitrogens is 3. The second-order valence-electron chi connectivity index (χ2n) is 12.0. The van der Waals surface area contributed by atoms with Gasteiger partial charge in [-0.05, 0) is 67.3 Å². The SMILES string of the molecule is CCOC(=O)c1nc(-c2ccc(S(=O)(=O)N3CCNC[C@@H]3CCc3c(F)cncc3NC(=O)C[C@@H](c3ccc(F)cc3)c3cc(F)cc(F)c3)s2)no1. The van der Waals surface area contributed by atoms with Gasteiger partial charge in [0, 0.05) is 49.6 Å². The summed E-state index contributed by atoms with van der Waals surface area (Å²) in [5.74, 6) is -5.63. The summed E-state index contributed by atoms with van der Waals surface area (Å²) in [5, 5.41) is 9.59. The highest BCUT2D eigenvalue weighted by atomic mass is 32.2. The van der Waals surface area contributed by atoms with Crippen LogP contribution in [0.15, 0.2) is 75.7 Å². The van der Waals surface area contributed by atoms with Gasteiger partial charge in [0.15, 0.2) is 0 Å². The van der Waals surface area contributed by atoms with E-state index in [1.165, 1.54) is 46.9 Å². The Hall–Kier alpha value is -5.04. The average molecular weight is 773 g/mol. The fraction of sp³-hybridized carbons (Fsp3) is 0.286. The first-order valence-corrected chi connectivity index (χ1v) is 18.7. The number of nitrogens with zero attached hydrogens (tertiary/aromatic N) is 4. The number of rotatable bonds is 13. The molecule has 6 rings (SSSR count). The Kier molecular flexibility index (Phi) is 11.6. The lowest BCUT2D eigenvalue weighted by Gasteiger charge is -2.35. The second kappa shape index (κ2) is 16.3. The molecular weight excluding hydrogens is 741 g/mol. The molecular formula is C35H32F4N6O6S2. The van der Waals surface area contributed by atoms with Gasteiger partial charge < -0.3 is 19.9 Å². The fourth-order valence-electron chi connectivity index (χ4n) is 6.02. The van der Waals surface area contributed by atoms with E-state index in [9.17, 15) is 31.2 Å². The van der Waals surface area contributed by atoms with Crippen molar-refractivity contribution in [2.75, 3.05) is 31.6 Å². The number of nitrogens with one attached hydrogen (secondary N) is 2. The molecule has 1 amide bonds. The van der Waals surface area contributed by atoms with Gasteiger partial charge in [-0.25, -0.2) is 30.8 Å². The van der Waals surface area contributed by atoms with Crippen LogP contribution < -0.4 is 10.6 Å². The van der Waals surface area contributed by atoms with Gasteiger partial charge in [-0.15, -0.1) is 11.3 Å². The number of thiophene rings is 1. The first-order chi connectivity index (χ1) is 25.4. The van der Waals surface area contributed by atoms with Gasteiger partial charge in [0.2, 0.25) is 11.7 Å². The number of esters is 1. The van der Waals surface area contributed by atoms with Crippen molar-refractivity contribution >= 4 is 38.9 Å². The number of pyridine rings is 1. The summed E-state index contributed by atoms with van der Waals surface area (Å²) in [5.41, 5.74) is 0.692. The molecule has 0 saturated carbocycles. The quantitative estimate of drug-likeness (QED) is 0.113. The summed E-state index contributed by atoms with van der Waals surface area (Å²) in [4.78, 5) is 33.6. The predicted octanol–water partition coefficient (Wildman–Crippen LogP) is 5.68. The normalized spacial score (nSPS) is 15.6. The number of carbonyl (C=O) groups excluding carboxylic acids is 2. The molecule has 1 aliphatic rings. The molecule has 0 spiro atoms. The summed E-state index contributed by atoms with van der Waals surface area (Å²) in [6.45, 7) is 2.49. The van der Waals surface area contributed by atoms with Crippen molar-refractivity contribution in [3.8, 4) is 10.7 Å². The molecule has 18 heteroatoms. The van der Waals surface area contributed by atoms with Crippen molar-refractivity contribution in [3.63, 3.8) is 0 Å². The van der Waals surface area contributed by atoms with E-state index in [0.717, 1.165) is 29.7 Å². The number of benzene rings is 2. The highest BCUT2D eigenvalue weighted by molar-refractivity contribution is 7.91. The van der Waals surface area contributed by atoms with Crippen LogP contribution in [-0.4, -0.2) is 72.0 Å². The van der Waals surface area contributed by atoms with E-state index in [1.807, 2.05) is 0 Å². The van der Waals surface area contributed by atoms with Crippen LogP contribution in [0.1, 0.15) is 53.1 Å². The van der Waals surface area contributed by atoms with E-state index in [1.54, 1.807) is 6.92 Å². The number of piperazine rings is 1. The molecule has 278 valence electrons. The Morgan fingerprint density at radius 1 is 1.04 bits per heavy atom. The minimum Gasteiger partial charge on any atom is -0.459 e. The molecule has 4 heterocycles. The molecule has 1 saturated heterocycles. The van der Waals surface area contributed by atoms with Crippen LogP contribution in [0.25, 0.3) is 10.7 Å². The van der Waals surface area contributed by atoms with Gasteiger partial charge in [0.1, 0.15) is 27.5 Å². The van der Waals surface area contributed by atoms with Crippen LogP contribution >= 0.6 is 11.3 Å². The molecule has 2 aromatic carbocycles. The lowest BCUT2D eigenvalue weighted by molar-refractivity contribution is -0.116. The monoisotopic (exact) mass is 772 g/mol. The maximum Gasteiger partial charge on any atom is 0.397 e. The van der Waals surface area contributed by atoms with Gasteiger partial charge in [0.05, 0.1) is 29.6 Å². The zero-order chi connectivity index (χ0) is 37.7. The maximum absolute atomic E-state index is 15.3. The summed E-state index contributed by atoms with van der Waals surface area (Å²) < 4.78 is 96.3. The average Bonchev–Trinajstić information content (AvgIpc) is 3.82. The van der Waals surface area contributed by atoms with Crippen molar-refractivity contribution in [1.82, 2.24) is 24.7 Å². The molecule has 0 aliphatic carbocycles. The van der Waals surface area contributed by atoms with Crippen LogP contribution in [0.4, 0.5) is 23.2 Å². The highest BCUT2D eigenvalue weighted by Gasteiger charge is 2.35. The van der Waals surface area contributed by atoms with Crippen molar-refractivity contribution < 1.29 is 44.8 Å². The number of sulfonamides is 1. The van der Waals surface area contributed by atoms with Crippen molar-refractivity contribution in [3.05, 3.63) is 113 Å². The lowest BCUT2D eigenvalue weighted by atomic mass is 9.88. The van der Waals surface area contributed by atoms with Crippen molar-refractivity contribution in [2.45, 2.75) is 42.4 Å². The zero-order valence-electron chi connectivity index (χ0n) is 28.0. The van der Waals surface area contributed by atoms with Gasteiger partial charge in [-0.2, -0.15) is 9.29 Å². The number of ether oxygens (including phenoxy) is 1. The molecule has 0 bridgehead atoms. The lowest BCUT2D eigenvalue weighted by Crippen LogP contribution is -2.53. The molecule has 2 N–H and O–H groups in total. The minimum atomic E-state index is -4.05. The Labute approximate surface area is 305 Å². The number of carbonyl (C=O) groups is 2. The topological polar surface area (TPSA) is 157 Å². The summed E-state index contributed by atoms with van der Waals surface area (Å²) in [6, 6.07) is 10.3. The Balaban J connectivity index is 1.17. The smallest absolute Gasteiger partial charge is 0.397 e. The van der Waals surface area contributed by atoms with Crippen LogP contribution in [0.2, 0.25) is 0 Å². The van der Waals surface area contributed by atoms with Crippen molar-refractivity contribution in [1.29, 1.82) is 0 Å². The van der Waals surface area contributed by atoms with Crippen molar-refractivity contribution in [2.24, 2.45) is 0 Å². The summed E-state index contributed by atoms with van der Waals surface area (Å²) >= 11 is 0.894. The third-order valence-corrected chi connectivity index (χ3v) is 12.0. The van der Waals surface area contributed by atoms with E-state index in [2.05, 4.69) is 25.8 Å². The number of anilines is 1. The Morgan fingerprint density at radius 2 is 1.79 bits per heavy atom. The van der Waals surface area contributed by atoms with Crippen LogP contribution in [0, 0.1) is 23.3 Å². The number of hydrogen-bond acceptors (Lipinski definition) is 11. The maximum atomic E-state index is 15.3. The standard InChI is InChI=1S/C35H32F4N6O6S2/c1-2-50-35(47)34-43-33(44-51-34)30-9-10-32(52-30)53(48,49)45-12-11-40-17-25(45)7-8-26-28(39)18-41-19-29(26)42-31(46)16-27(20-3-5-22(36)6-4-20)21-13-23(37)15-24(38)14-21/h3-6,9-10,13-15,18-19,25,27,40H,2,7-8,11-12,16-17H2,1H3,(H,42,46)/t25-,27-/m0/s1. The molecule has 5 aromatic rings. The minimum absolute atomic E-state index is 0.00110. The van der Waals surface area contributed by atoms with Crippen LogP contribution in [0.3, 0.4) is 0 Å². The van der Waals surface area contributed by atoms with Crippen LogP contribution in [-0.2, 0) is 26.0 Å². The van der Waals surface area contributed by atoms with Gasteiger partial charge in [-0.3, -0.25) is 9.78 Å². The second-order valence-corrected chi connectivity index (χ2v) is 15.2. The van der Waals surface area contributed by atoms with Gasteiger partial charge in [0.25, 0.3) is 10.0 Å². The highest BCUT2D eigenvalue weighted by Crippen LogP contribution is 2.34. The van der Waals surface area contributed by atoms with Crippen LogP contribution in [0.5, 0.6) is 0 Å². The third-order valence-electron chi connectivity index (χ3n) is 8.49. The first-order valence-electron chi connectivity index (χ1n) is 16.4. The van der Waals surface area contributed by atoms with E-state index in [-0.39, 0.29) is 71.7 Å². The zero-order valence-corrected chi connectivity index (χ0v) is 29.7. The number of hydrogen-bond donors (Lipinski definition) is 2. The molecule has 12 nitrogen and oxygen atoms in total. The van der Waals surface area contributed by atoms with E-state index in [0.29, 0.717) is 23.1 Å². The third kappa shape index (κ3) is 8.78. The molecule has 3 aromatic heterocycles. The van der Waals surface area contributed by atoms with Gasteiger partial charge in [-0.1, -0.05) is 17.3 Å². The molecule has 0 radical (unpaired) electrons. The van der Waals surface area contributed by atoms with E-state index < -0.39 is 57.1 Å². The molecule has 53 heavy (non-hydrogen) atoms. The first kappa shape index (κ1) is 37.7. The predicted molar refractivity (Wildman–Crippen MR) is 184 cm³/mol. The molecule has 0 unspecified atom stereocenters. The number of amides is 1. The summed E-state index contributed by atoms with van der Waals surface area (Å²) in [6.07, 6.45) is 2.07. The molecule has 1 aliphatic heterocycles. The van der Waals surface area contributed by atoms with E-state index in [4.69, 9.17) is 9.26 Å². The Morgan fingerprint density at radius 3 is 2.53 bits per heavy atom. The summed E-state index contributed by atoms with van der Waals surface area (Å²) in [7, 11) is -4.05. The van der Waals surface area contributed by atoms with E-state index >= 15 is 4.39 Å². The van der Waals surface area contributed by atoms with Gasteiger partial charge >= 0.3 is 11.9 Å². The number of halogens is 4. The molecule has 1 fully saturated rings. The Bertz CT molecular complexity index is 2200.